The van der Waals surface area contributed by atoms with Gasteiger partial charge in [0.1, 0.15) is 11.8 Å². The maximum absolute atomic E-state index is 12.0. The lowest BCUT2D eigenvalue weighted by Crippen LogP contribution is -2.51. The largest absolute Gasteiger partial charge is 0.508 e. The molecule has 0 saturated carbocycles. The van der Waals surface area contributed by atoms with E-state index in [9.17, 15) is 19.8 Å². The summed E-state index contributed by atoms with van der Waals surface area (Å²) in [6.45, 7) is 1.83. The van der Waals surface area contributed by atoms with Gasteiger partial charge in [-0.15, -0.1) is 0 Å². The third-order valence-corrected chi connectivity index (χ3v) is 3.27. The molecule has 0 radical (unpaired) electrons. The number of nitrogens with one attached hydrogen (secondary N) is 1. The SMILES string of the molecule is O=C(O)[C@H](Cc1ccc(O)cc1)NC(=O)N1CCOCC1. The molecule has 7 nitrogen and oxygen atoms in total. The minimum Gasteiger partial charge on any atom is -0.508 e. The predicted octanol–water partition coefficient (Wildman–Crippen LogP) is 0.430. The van der Waals surface area contributed by atoms with Gasteiger partial charge in [0, 0.05) is 19.5 Å². The van der Waals surface area contributed by atoms with Crippen molar-refractivity contribution < 1.29 is 24.5 Å². The number of carbonyl (C=O) groups is 2. The van der Waals surface area contributed by atoms with Crippen LogP contribution in [0.4, 0.5) is 4.79 Å². The van der Waals surface area contributed by atoms with E-state index in [1.54, 1.807) is 12.1 Å². The number of urea groups is 1. The maximum atomic E-state index is 12.0. The van der Waals surface area contributed by atoms with Gasteiger partial charge >= 0.3 is 12.0 Å². The fourth-order valence-corrected chi connectivity index (χ4v) is 2.07. The Morgan fingerprint density at radius 1 is 1.24 bits per heavy atom. The van der Waals surface area contributed by atoms with Gasteiger partial charge in [0.15, 0.2) is 0 Å². The van der Waals surface area contributed by atoms with Crippen LogP contribution in [-0.2, 0) is 16.0 Å². The van der Waals surface area contributed by atoms with Crippen LogP contribution >= 0.6 is 0 Å². The number of carboxylic acids is 1. The number of morpholine rings is 1. The standard InChI is InChI=1S/C14H18N2O5/c17-11-3-1-10(2-4-11)9-12(13(18)19)15-14(20)16-5-7-21-8-6-16/h1-4,12,17H,5-9H2,(H,15,20)(H,18,19)/t12-/m0/s1. The lowest BCUT2D eigenvalue weighted by Gasteiger charge is -2.28. The van der Waals surface area contributed by atoms with Crippen LogP contribution in [0.25, 0.3) is 0 Å². The number of ether oxygens (including phenoxy) is 1. The monoisotopic (exact) mass is 294 g/mol. The zero-order valence-electron chi connectivity index (χ0n) is 11.5. The summed E-state index contributed by atoms with van der Waals surface area (Å²) in [5.74, 6) is -0.979. The topological polar surface area (TPSA) is 99.1 Å². The van der Waals surface area contributed by atoms with Gasteiger partial charge in [-0.1, -0.05) is 12.1 Å². The predicted molar refractivity (Wildman–Crippen MR) is 74.2 cm³/mol. The van der Waals surface area contributed by atoms with Gasteiger partial charge in [0.05, 0.1) is 13.2 Å². The Bertz CT molecular complexity index is 497. The van der Waals surface area contributed by atoms with E-state index in [0.29, 0.717) is 26.3 Å². The number of phenolic OH excluding ortho intramolecular Hbond substituents is 1. The van der Waals surface area contributed by atoms with E-state index in [2.05, 4.69) is 5.32 Å². The van der Waals surface area contributed by atoms with E-state index in [1.165, 1.54) is 17.0 Å². The number of carbonyl (C=O) groups excluding carboxylic acids is 1. The number of phenols is 1. The Labute approximate surface area is 122 Å². The number of benzene rings is 1. The molecule has 1 aliphatic rings. The van der Waals surface area contributed by atoms with Crippen molar-refractivity contribution in [1.29, 1.82) is 0 Å². The Morgan fingerprint density at radius 3 is 2.43 bits per heavy atom. The highest BCUT2D eigenvalue weighted by atomic mass is 16.5. The Balaban J connectivity index is 1.96. The van der Waals surface area contributed by atoms with Gasteiger partial charge in [-0.25, -0.2) is 9.59 Å². The van der Waals surface area contributed by atoms with Crippen LogP contribution in [0.2, 0.25) is 0 Å². The molecule has 0 unspecified atom stereocenters. The Hall–Kier alpha value is -2.28. The van der Waals surface area contributed by atoms with Crippen molar-refractivity contribution in [3.63, 3.8) is 0 Å². The summed E-state index contributed by atoms with van der Waals surface area (Å²) in [5.41, 5.74) is 0.725. The molecule has 114 valence electrons. The average molecular weight is 294 g/mol. The summed E-state index contributed by atoms with van der Waals surface area (Å²) in [6, 6.07) is 4.82. The van der Waals surface area contributed by atoms with Crippen LogP contribution in [0.15, 0.2) is 24.3 Å². The first kappa shape index (κ1) is 15.1. The van der Waals surface area contributed by atoms with E-state index in [1.807, 2.05) is 0 Å². The molecule has 0 aliphatic carbocycles. The second-order valence-corrected chi connectivity index (χ2v) is 4.81. The van der Waals surface area contributed by atoms with Crippen LogP contribution in [0, 0.1) is 0 Å². The van der Waals surface area contributed by atoms with Crippen LogP contribution in [0.3, 0.4) is 0 Å². The first-order valence-electron chi connectivity index (χ1n) is 6.70. The fraction of sp³-hybridized carbons (Fsp3) is 0.429. The quantitative estimate of drug-likeness (QED) is 0.748. The van der Waals surface area contributed by atoms with Crippen molar-refractivity contribution in [1.82, 2.24) is 10.2 Å². The van der Waals surface area contributed by atoms with Crippen LogP contribution in [0.1, 0.15) is 5.56 Å². The minimum atomic E-state index is -1.09. The van der Waals surface area contributed by atoms with Crippen molar-refractivity contribution in [3.8, 4) is 5.75 Å². The first-order valence-corrected chi connectivity index (χ1v) is 6.70. The van der Waals surface area contributed by atoms with Gasteiger partial charge in [-0.3, -0.25) is 0 Å². The van der Waals surface area contributed by atoms with Crippen LogP contribution in [0.5, 0.6) is 5.75 Å². The second kappa shape index (κ2) is 6.94. The summed E-state index contributed by atoms with van der Waals surface area (Å²) in [4.78, 5) is 24.8. The van der Waals surface area contributed by atoms with Crippen LogP contribution < -0.4 is 5.32 Å². The molecule has 0 spiro atoms. The third-order valence-electron chi connectivity index (χ3n) is 3.27. The molecule has 1 heterocycles. The molecule has 7 heteroatoms. The summed E-state index contributed by atoms with van der Waals surface area (Å²) in [7, 11) is 0. The van der Waals surface area contributed by atoms with Crippen LogP contribution in [-0.4, -0.2) is 59.5 Å². The smallest absolute Gasteiger partial charge is 0.326 e. The van der Waals surface area contributed by atoms with E-state index >= 15 is 0 Å². The molecule has 1 aromatic rings. The van der Waals surface area contributed by atoms with E-state index in [-0.39, 0.29) is 12.2 Å². The van der Waals surface area contributed by atoms with Gasteiger partial charge in [0.2, 0.25) is 0 Å². The fourth-order valence-electron chi connectivity index (χ4n) is 2.07. The molecule has 1 saturated heterocycles. The molecule has 2 rings (SSSR count). The summed E-state index contributed by atoms with van der Waals surface area (Å²) >= 11 is 0. The Morgan fingerprint density at radius 2 is 1.86 bits per heavy atom. The lowest BCUT2D eigenvalue weighted by atomic mass is 10.1. The first-order chi connectivity index (χ1) is 10.1. The average Bonchev–Trinajstić information content (AvgIpc) is 2.49. The van der Waals surface area contributed by atoms with Gasteiger partial charge in [-0.2, -0.15) is 0 Å². The zero-order chi connectivity index (χ0) is 15.2. The zero-order valence-corrected chi connectivity index (χ0v) is 11.5. The number of aliphatic carboxylic acids is 1. The van der Waals surface area contributed by atoms with Crippen molar-refractivity contribution >= 4 is 12.0 Å². The Kier molecular flexibility index (Phi) is 4.99. The van der Waals surface area contributed by atoms with Crippen molar-refractivity contribution in [2.24, 2.45) is 0 Å². The molecule has 1 aliphatic heterocycles. The number of hydrogen-bond donors (Lipinski definition) is 3. The summed E-state index contributed by atoms with van der Waals surface area (Å²) in [5, 5.41) is 21.0. The molecular formula is C14H18N2O5. The number of amides is 2. The number of carboxylic acid groups (broad SMARTS) is 1. The molecule has 0 bridgehead atoms. The molecule has 2 amide bonds. The summed E-state index contributed by atoms with van der Waals surface area (Å²) < 4.78 is 5.15. The molecule has 0 aromatic heterocycles. The number of aromatic hydroxyl groups is 1. The van der Waals surface area contributed by atoms with E-state index in [4.69, 9.17) is 4.74 Å². The van der Waals surface area contributed by atoms with E-state index in [0.717, 1.165) is 5.56 Å². The molecular weight excluding hydrogens is 276 g/mol. The normalized spacial score (nSPS) is 16.3. The highest BCUT2D eigenvalue weighted by Crippen LogP contribution is 2.11. The number of hydrogen-bond acceptors (Lipinski definition) is 4. The molecule has 3 N–H and O–H groups in total. The summed E-state index contributed by atoms with van der Waals surface area (Å²) in [6.07, 6.45) is 0.158. The highest BCUT2D eigenvalue weighted by Gasteiger charge is 2.24. The number of nitrogens with zero attached hydrogens (tertiary/aromatic N) is 1. The van der Waals surface area contributed by atoms with Gasteiger partial charge < -0.3 is 25.2 Å². The van der Waals surface area contributed by atoms with Crippen molar-refractivity contribution in [2.45, 2.75) is 12.5 Å². The lowest BCUT2D eigenvalue weighted by molar-refractivity contribution is -0.139. The van der Waals surface area contributed by atoms with E-state index < -0.39 is 18.0 Å². The molecule has 21 heavy (non-hydrogen) atoms. The second-order valence-electron chi connectivity index (χ2n) is 4.81. The van der Waals surface area contributed by atoms with Gasteiger partial charge in [0.25, 0.3) is 0 Å². The highest BCUT2D eigenvalue weighted by molar-refractivity contribution is 5.82. The minimum absolute atomic E-state index is 0.114. The van der Waals surface area contributed by atoms with Crippen molar-refractivity contribution in [2.75, 3.05) is 26.3 Å². The number of rotatable bonds is 4. The maximum Gasteiger partial charge on any atom is 0.326 e. The molecule has 1 aromatic carbocycles. The van der Waals surface area contributed by atoms with Gasteiger partial charge in [-0.05, 0) is 17.7 Å². The third kappa shape index (κ3) is 4.35. The van der Waals surface area contributed by atoms with Crippen molar-refractivity contribution in [3.05, 3.63) is 29.8 Å². The molecule has 1 atom stereocenters. The molecule has 1 fully saturated rings.